The normalized spacial score (nSPS) is 13.8. The lowest BCUT2D eigenvalue weighted by Gasteiger charge is -2.46. The van der Waals surface area contributed by atoms with Gasteiger partial charge in [-0.05, 0) is 54.0 Å². The second-order valence-electron chi connectivity index (χ2n) is 5.22. The van der Waals surface area contributed by atoms with Crippen molar-refractivity contribution >= 4 is 15.9 Å². The highest BCUT2D eigenvalue weighted by Crippen LogP contribution is 2.38. The molecule has 0 radical (unpaired) electrons. The quantitative estimate of drug-likeness (QED) is 0.716. The lowest BCUT2D eigenvalue weighted by molar-refractivity contribution is 0.0601. The maximum Gasteiger partial charge on any atom is 0.145 e. The Labute approximate surface area is 134 Å². The average Bonchev–Trinajstić information content (AvgIpc) is 2.49. The fourth-order valence-electron chi connectivity index (χ4n) is 3.28. The van der Waals surface area contributed by atoms with Crippen LogP contribution in [0.1, 0.15) is 52.1 Å². The number of likely N-dealkylation sites (N-methyl/N-ethyl adjacent to an activating group) is 1. The van der Waals surface area contributed by atoms with Gasteiger partial charge >= 0.3 is 0 Å². The van der Waals surface area contributed by atoms with Gasteiger partial charge in [0.2, 0.25) is 0 Å². The maximum atomic E-state index is 14.4. The van der Waals surface area contributed by atoms with Crippen LogP contribution in [0.5, 0.6) is 0 Å². The molecule has 21 heavy (non-hydrogen) atoms. The summed E-state index contributed by atoms with van der Waals surface area (Å²) in [5, 5.41) is 0. The van der Waals surface area contributed by atoms with Gasteiger partial charge in [-0.3, -0.25) is 4.90 Å². The van der Waals surface area contributed by atoms with Gasteiger partial charge in [-0.15, -0.1) is 0 Å². The summed E-state index contributed by atoms with van der Waals surface area (Å²) in [6, 6.07) is 1.92. The molecule has 0 aromatic heterocycles. The lowest BCUT2D eigenvalue weighted by atomic mass is 9.79. The summed E-state index contributed by atoms with van der Waals surface area (Å²) < 4.78 is 28.8. The molecule has 0 bridgehead atoms. The number of halogens is 3. The van der Waals surface area contributed by atoms with Crippen molar-refractivity contribution in [1.82, 2.24) is 4.90 Å². The third-order valence-corrected chi connectivity index (χ3v) is 5.20. The van der Waals surface area contributed by atoms with E-state index in [1.165, 1.54) is 12.1 Å². The zero-order chi connectivity index (χ0) is 16.2. The minimum Gasteiger partial charge on any atom is -0.322 e. The number of hydrogen-bond acceptors (Lipinski definition) is 2. The van der Waals surface area contributed by atoms with Crippen molar-refractivity contribution in [1.29, 1.82) is 0 Å². The first-order chi connectivity index (χ1) is 9.89. The Morgan fingerprint density at radius 2 is 1.67 bits per heavy atom. The molecule has 0 aliphatic rings. The lowest BCUT2D eigenvalue weighted by Crippen LogP contribution is -2.55. The van der Waals surface area contributed by atoms with Crippen LogP contribution in [0.4, 0.5) is 8.78 Å². The minimum atomic E-state index is -0.718. The summed E-state index contributed by atoms with van der Waals surface area (Å²) in [5.74, 6) is -1.18. The zero-order valence-corrected chi connectivity index (χ0v) is 14.8. The summed E-state index contributed by atoms with van der Waals surface area (Å²) in [5.41, 5.74) is 5.90. The van der Waals surface area contributed by atoms with Crippen molar-refractivity contribution in [3.63, 3.8) is 0 Å². The van der Waals surface area contributed by atoms with Crippen molar-refractivity contribution in [3.8, 4) is 0 Å². The van der Waals surface area contributed by atoms with Gasteiger partial charge in [-0.2, -0.15) is 0 Å². The van der Waals surface area contributed by atoms with Crippen LogP contribution in [-0.2, 0) is 0 Å². The van der Waals surface area contributed by atoms with Gasteiger partial charge in [-0.25, -0.2) is 8.78 Å². The Morgan fingerprint density at radius 1 is 1.14 bits per heavy atom. The van der Waals surface area contributed by atoms with Crippen LogP contribution in [0, 0.1) is 11.6 Å². The molecule has 2 N–H and O–H groups in total. The van der Waals surface area contributed by atoms with E-state index >= 15 is 0 Å². The number of nitrogens with two attached hydrogens (primary N) is 1. The van der Waals surface area contributed by atoms with E-state index in [0.717, 1.165) is 25.9 Å². The average molecular weight is 363 g/mol. The van der Waals surface area contributed by atoms with Crippen LogP contribution < -0.4 is 5.73 Å². The van der Waals surface area contributed by atoms with Gasteiger partial charge in [-0.1, -0.05) is 27.7 Å². The molecule has 2 nitrogen and oxygen atoms in total. The van der Waals surface area contributed by atoms with E-state index in [-0.39, 0.29) is 10.0 Å². The SMILES string of the molecule is CCN(CC)C(CC)(CC)C(N)c1c(F)ccc(Br)c1F. The molecule has 1 unspecified atom stereocenters. The fraction of sp³-hybridized carbons (Fsp3) is 0.625. The Kier molecular flexibility index (Phi) is 6.75. The van der Waals surface area contributed by atoms with Crippen molar-refractivity contribution in [2.45, 2.75) is 52.1 Å². The molecule has 120 valence electrons. The van der Waals surface area contributed by atoms with Gasteiger partial charge in [0.25, 0.3) is 0 Å². The maximum absolute atomic E-state index is 14.4. The molecule has 1 atom stereocenters. The van der Waals surface area contributed by atoms with E-state index in [0.29, 0.717) is 0 Å². The standard InChI is InChI=1S/C16H25BrF2N2/c1-5-16(6-2,21(7-3)8-4)15(20)13-12(18)10-9-11(17)14(13)19/h9-10,15H,5-8,20H2,1-4H3. The van der Waals surface area contributed by atoms with Gasteiger partial charge in [0.15, 0.2) is 0 Å². The molecule has 0 saturated heterocycles. The molecular formula is C16H25BrF2N2. The first-order valence-electron chi connectivity index (χ1n) is 7.53. The highest BCUT2D eigenvalue weighted by atomic mass is 79.9. The van der Waals surface area contributed by atoms with E-state index in [9.17, 15) is 8.78 Å². The number of rotatable bonds is 7. The molecular weight excluding hydrogens is 338 g/mol. The van der Waals surface area contributed by atoms with Crippen molar-refractivity contribution < 1.29 is 8.78 Å². The fourth-order valence-corrected chi connectivity index (χ4v) is 3.63. The second kappa shape index (κ2) is 7.65. The summed E-state index contributed by atoms with van der Waals surface area (Å²) in [7, 11) is 0. The third-order valence-electron chi connectivity index (χ3n) is 4.59. The molecule has 0 amide bonds. The predicted molar refractivity (Wildman–Crippen MR) is 87.2 cm³/mol. The summed E-state index contributed by atoms with van der Waals surface area (Å²) >= 11 is 3.12. The smallest absolute Gasteiger partial charge is 0.145 e. The Balaban J connectivity index is 3.43. The summed E-state index contributed by atoms with van der Waals surface area (Å²) in [4.78, 5) is 2.21. The number of benzene rings is 1. The third kappa shape index (κ3) is 3.30. The van der Waals surface area contributed by atoms with Crippen LogP contribution in [0.2, 0.25) is 0 Å². The summed E-state index contributed by atoms with van der Waals surface area (Å²) in [6.07, 6.45) is 1.47. The van der Waals surface area contributed by atoms with Crippen molar-refractivity contribution in [3.05, 3.63) is 33.8 Å². The van der Waals surface area contributed by atoms with Crippen molar-refractivity contribution in [2.24, 2.45) is 5.73 Å². The van der Waals surface area contributed by atoms with Gasteiger partial charge < -0.3 is 5.73 Å². The van der Waals surface area contributed by atoms with Gasteiger partial charge in [0, 0.05) is 11.1 Å². The van der Waals surface area contributed by atoms with E-state index in [1.54, 1.807) is 0 Å². The van der Waals surface area contributed by atoms with E-state index in [1.807, 2.05) is 27.7 Å². The number of nitrogens with zero attached hydrogens (tertiary/aromatic N) is 1. The zero-order valence-electron chi connectivity index (χ0n) is 13.2. The number of hydrogen-bond donors (Lipinski definition) is 1. The molecule has 0 aliphatic carbocycles. The van der Waals surface area contributed by atoms with Crippen LogP contribution in [0.15, 0.2) is 16.6 Å². The van der Waals surface area contributed by atoms with Crippen LogP contribution in [0.3, 0.4) is 0 Å². The molecule has 1 aromatic rings. The topological polar surface area (TPSA) is 29.3 Å². The van der Waals surface area contributed by atoms with Crippen LogP contribution >= 0.6 is 15.9 Å². The molecule has 1 rings (SSSR count). The van der Waals surface area contributed by atoms with Crippen molar-refractivity contribution in [2.75, 3.05) is 13.1 Å². The van der Waals surface area contributed by atoms with E-state index in [2.05, 4.69) is 20.8 Å². The first-order valence-corrected chi connectivity index (χ1v) is 8.32. The Hall–Kier alpha value is -0.520. The highest BCUT2D eigenvalue weighted by molar-refractivity contribution is 9.10. The predicted octanol–water partition coefficient (Wildman–Crippen LogP) is 4.63. The van der Waals surface area contributed by atoms with E-state index < -0.39 is 23.2 Å². The minimum absolute atomic E-state index is 0.0278. The molecule has 0 heterocycles. The van der Waals surface area contributed by atoms with Crippen LogP contribution in [-0.4, -0.2) is 23.5 Å². The monoisotopic (exact) mass is 362 g/mol. The second-order valence-corrected chi connectivity index (χ2v) is 6.07. The molecule has 0 saturated carbocycles. The molecule has 0 aliphatic heterocycles. The summed E-state index contributed by atoms with van der Waals surface area (Å²) in [6.45, 7) is 9.73. The Morgan fingerprint density at radius 3 is 2.10 bits per heavy atom. The van der Waals surface area contributed by atoms with Gasteiger partial charge in [0.05, 0.1) is 10.5 Å². The molecule has 1 aromatic carbocycles. The van der Waals surface area contributed by atoms with Crippen LogP contribution in [0.25, 0.3) is 0 Å². The molecule has 0 spiro atoms. The largest absolute Gasteiger partial charge is 0.322 e. The Bertz CT molecular complexity index is 472. The molecule has 5 heteroatoms. The highest BCUT2D eigenvalue weighted by Gasteiger charge is 2.41. The van der Waals surface area contributed by atoms with Gasteiger partial charge in [0.1, 0.15) is 11.6 Å². The van der Waals surface area contributed by atoms with E-state index in [4.69, 9.17) is 5.73 Å². The first kappa shape index (κ1) is 18.5. The molecule has 0 fully saturated rings.